The first-order chi connectivity index (χ1) is 29.2. The quantitative estimate of drug-likeness (QED) is 0.138. The molecule has 14 nitrogen and oxygen atoms in total. The van der Waals surface area contributed by atoms with Gasteiger partial charge in [0.25, 0.3) is 0 Å². The lowest BCUT2D eigenvalue weighted by atomic mass is 9.92. The number of anilines is 4. The number of nitrogens with two attached hydrogens (primary N) is 2. The summed E-state index contributed by atoms with van der Waals surface area (Å²) < 4.78 is 26.8. The fourth-order valence-corrected chi connectivity index (χ4v) is 8.12. The Morgan fingerprint density at radius 2 is 1.23 bits per heavy atom. The Morgan fingerprint density at radius 1 is 0.767 bits per heavy atom. The summed E-state index contributed by atoms with van der Waals surface area (Å²) in [6, 6.07) is 11.3. The van der Waals surface area contributed by atoms with Crippen molar-refractivity contribution in [3.8, 4) is 12.0 Å². The maximum Gasteiger partial charge on any atom is 0.320 e. The molecule has 2 saturated heterocycles. The predicted molar refractivity (Wildman–Crippen MR) is 239 cm³/mol. The number of carbonyl (C=O) groups excluding carboxylic acids is 2. The average molecular weight is 836 g/mol. The number of halogens is 1. The van der Waals surface area contributed by atoms with Crippen LogP contribution >= 0.6 is 0 Å². The number of hydrogen-bond donors (Lipinski definition) is 3. The number of benzene rings is 1. The van der Waals surface area contributed by atoms with Gasteiger partial charge in [0, 0.05) is 43.6 Å². The molecule has 332 valence electrons. The predicted octanol–water partition coefficient (Wildman–Crippen LogP) is 6.25. The number of carbonyl (C=O) groups is 2. The van der Waals surface area contributed by atoms with Gasteiger partial charge < -0.3 is 36.1 Å². The van der Waals surface area contributed by atoms with Crippen LogP contribution in [0.4, 0.5) is 27.7 Å². The summed E-state index contributed by atoms with van der Waals surface area (Å²) >= 11 is 0. The van der Waals surface area contributed by atoms with Gasteiger partial charge in [0.1, 0.15) is 23.3 Å². The van der Waals surface area contributed by atoms with Crippen molar-refractivity contribution in [2.75, 3.05) is 94.0 Å². The third-order valence-electron chi connectivity index (χ3n) is 11.6. The van der Waals surface area contributed by atoms with Gasteiger partial charge in [-0.15, -0.1) is 0 Å². The molecule has 1 aromatic carbocycles. The number of rotatable bonds is 16. The second kappa shape index (κ2) is 25.2. The highest BCUT2D eigenvalue weighted by molar-refractivity contribution is 5.91. The molecule has 2 fully saturated rings. The zero-order valence-corrected chi connectivity index (χ0v) is 35.3. The highest BCUT2D eigenvalue weighted by atomic mass is 19.1. The van der Waals surface area contributed by atoms with Crippen molar-refractivity contribution in [3.63, 3.8) is 0 Å². The second-order valence-electron chi connectivity index (χ2n) is 16.0. The van der Waals surface area contributed by atoms with Crippen LogP contribution < -0.4 is 36.1 Å². The summed E-state index contributed by atoms with van der Waals surface area (Å²) in [5.74, 6) is 4.03. The van der Waals surface area contributed by atoms with Crippen LogP contribution in [0.5, 0.6) is 12.0 Å². The largest absolute Gasteiger partial charge is 0.463 e. The first kappa shape index (κ1) is 46.4. The highest BCUT2D eigenvalue weighted by Gasteiger charge is 2.30. The van der Waals surface area contributed by atoms with E-state index in [2.05, 4.69) is 84.1 Å². The molecule has 0 amide bonds. The number of alkyl halides is 1. The number of fused-ring (bicyclic) bond motifs is 2. The fourth-order valence-electron chi connectivity index (χ4n) is 8.12. The van der Waals surface area contributed by atoms with Crippen molar-refractivity contribution >= 4 is 34.8 Å². The van der Waals surface area contributed by atoms with E-state index < -0.39 is 7.15 Å². The van der Waals surface area contributed by atoms with Crippen molar-refractivity contribution < 1.29 is 24.8 Å². The Balaban J connectivity index is 0.000000255. The van der Waals surface area contributed by atoms with E-state index in [-0.39, 0.29) is 19.0 Å². The Bertz CT molecular complexity index is 1780. The smallest absolute Gasteiger partial charge is 0.320 e. The number of likely N-dealkylation sites (tertiary alicyclic amines) is 1. The summed E-state index contributed by atoms with van der Waals surface area (Å²) in [6.07, 6.45) is 11.6. The number of hydrogen-bond acceptors (Lipinski definition) is 14. The monoisotopic (exact) mass is 836 g/mol. The molecular weight excluding hydrogens is 764 g/mol. The normalized spacial score (nSPS) is 17.2. The van der Waals surface area contributed by atoms with E-state index in [9.17, 15) is 14.0 Å². The Hall–Kier alpha value is -4.63. The number of piperidine rings is 2. The average Bonchev–Trinajstić information content (AvgIpc) is 3.25. The molecule has 4 aliphatic rings. The minimum atomic E-state index is -1.00. The summed E-state index contributed by atoms with van der Waals surface area (Å²) in [5, 5.41) is 3.39. The Labute approximate surface area is 358 Å². The van der Waals surface area contributed by atoms with Crippen LogP contribution in [0, 0.1) is 11.8 Å². The lowest BCUT2D eigenvalue weighted by Crippen LogP contribution is -2.39. The molecule has 0 unspecified atom stereocenters. The van der Waals surface area contributed by atoms with Gasteiger partial charge in [0.15, 0.2) is 11.6 Å². The molecule has 3 aromatic rings. The maximum absolute atomic E-state index is 12.4. The van der Waals surface area contributed by atoms with E-state index in [1.165, 1.54) is 31.2 Å². The minimum absolute atomic E-state index is 0. The molecule has 15 heteroatoms. The second-order valence-corrected chi connectivity index (χ2v) is 16.0. The van der Waals surface area contributed by atoms with E-state index in [0.717, 1.165) is 107 Å². The van der Waals surface area contributed by atoms with Crippen molar-refractivity contribution in [1.29, 1.82) is 0 Å². The third kappa shape index (κ3) is 14.2. The van der Waals surface area contributed by atoms with E-state index in [4.69, 9.17) is 22.3 Å². The van der Waals surface area contributed by atoms with Crippen LogP contribution in [0.1, 0.15) is 104 Å². The highest BCUT2D eigenvalue weighted by Crippen LogP contribution is 2.32. The molecule has 0 saturated carbocycles. The van der Waals surface area contributed by atoms with Crippen LogP contribution in [0.3, 0.4) is 0 Å². The molecule has 2 aromatic heterocycles. The standard InChI is InChI=1S/C25H35N5O2.C18H29N5O2.CH3F.CH4/c1-2-3-15-32-25-27-23(26)22-16-21(31)18-30(24(22)28-25)14-11-19-9-12-29(13-10-19)17-20-7-5-4-6-8-20;1-2-3-10-25-18-21-16(19)15-11-14(24)12-23(17(15)22-18)9-6-13-4-7-20-8-5-13;1-2;/h4-8,19H,2-3,9-18H2,1H3,(H2,26,27,28);13,20H,2-12H2,1H3,(H2,19,21,22);1H3;1H4/i;;1D;. The van der Waals surface area contributed by atoms with E-state index in [1.54, 1.807) is 0 Å². The Kier molecular flexibility index (Phi) is 19.5. The van der Waals surface area contributed by atoms with Gasteiger partial charge >= 0.3 is 12.0 Å². The molecule has 7 rings (SSSR count). The summed E-state index contributed by atoms with van der Waals surface area (Å²) in [6.45, 7) is 13.3. The molecule has 60 heavy (non-hydrogen) atoms. The lowest BCUT2D eigenvalue weighted by Gasteiger charge is -2.34. The zero-order valence-electron chi connectivity index (χ0n) is 36.3. The van der Waals surface area contributed by atoms with Crippen LogP contribution in [0.25, 0.3) is 0 Å². The number of nitrogens with zero attached hydrogens (tertiary/aromatic N) is 7. The number of nitrogen functional groups attached to an aromatic ring is 2. The molecule has 0 bridgehead atoms. The van der Waals surface area contributed by atoms with Crippen molar-refractivity contribution in [3.05, 3.63) is 47.0 Å². The molecule has 5 N–H and O–H groups in total. The number of Topliss-reactive ketones (excluding diaryl/α,β-unsaturated/α-hetero) is 2. The third-order valence-corrected chi connectivity index (χ3v) is 11.6. The minimum Gasteiger partial charge on any atom is -0.463 e. The van der Waals surface area contributed by atoms with Gasteiger partial charge in [-0.3, -0.25) is 18.9 Å². The zero-order chi connectivity index (χ0) is 42.7. The van der Waals surface area contributed by atoms with Crippen LogP contribution in [0.2, 0.25) is 0 Å². The summed E-state index contributed by atoms with van der Waals surface area (Å²) in [5.41, 5.74) is 15.1. The number of ether oxygens (including phenoxy) is 2. The molecule has 0 atom stereocenters. The van der Waals surface area contributed by atoms with Crippen molar-refractivity contribution in [2.24, 2.45) is 11.8 Å². The van der Waals surface area contributed by atoms with Gasteiger partial charge in [-0.05, 0) is 94.9 Å². The molecule has 4 aliphatic heterocycles. The topological polar surface area (TPSA) is 178 Å². The Morgan fingerprint density at radius 3 is 1.70 bits per heavy atom. The van der Waals surface area contributed by atoms with Gasteiger partial charge in [0.2, 0.25) is 0 Å². The van der Waals surface area contributed by atoms with Crippen molar-refractivity contribution in [2.45, 2.75) is 105 Å². The van der Waals surface area contributed by atoms with Crippen LogP contribution in [-0.2, 0) is 29.0 Å². The molecule has 6 heterocycles. The SMILES string of the molecule is C.CCCCOc1nc(N)c2c(n1)N(CCC1CCN(Cc3ccccc3)CC1)CC(=O)C2.CCCCOc1nc(N)c2c(n1)N(CCC1CCNCC1)CC(=O)C2.[2H]CF. The molecule has 0 spiro atoms. The first-order valence-electron chi connectivity index (χ1n) is 22.4. The van der Waals surface area contributed by atoms with Crippen LogP contribution in [0.15, 0.2) is 30.3 Å². The van der Waals surface area contributed by atoms with Gasteiger partial charge in [0.05, 0.1) is 34.8 Å². The van der Waals surface area contributed by atoms with Gasteiger partial charge in [-0.25, -0.2) is 0 Å². The summed E-state index contributed by atoms with van der Waals surface area (Å²) in [4.78, 5) is 48.9. The van der Waals surface area contributed by atoms with E-state index in [0.29, 0.717) is 74.6 Å². The van der Waals surface area contributed by atoms with Gasteiger partial charge in [-0.2, -0.15) is 19.9 Å². The maximum atomic E-state index is 12.4. The fraction of sp³-hybridized carbons (Fsp3) is 0.644. The number of unbranched alkanes of at least 4 members (excludes halogenated alkanes) is 2. The van der Waals surface area contributed by atoms with E-state index >= 15 is 0 Å². The molecular formula is C45H71FN10O4. The summed E-state index contributed by atoms with van der Waals surface area (Å²) in [7, 11) is -1.00. The van der Waals surface area contributed by atoms with Crippen molar-refractivity contribution in [1.82, 2.24) is 30.2 Å². The number of aromatic nitrogens is 4. The lowest BCUT2D eigenvalue weighted by molar-refractivity contribution is -0.118. The van der Waals surface area contributed by atoms with Crippen LogP contribution in [-0.4, -0.2) is 109 Å². The van der Waals surface area contributed by atoms with E-state index in [1.807, 2.05) is 0 Å². The molecule has 0 radical (unpaired) electrons. The first-order valence-corrected chi connectivity index (χ1v) is 21.6. The number of ketones is 2. The molecule has 0 aliphatic carbocycles. The number of nitrogens with one attached hydrogen (secondary N) is 1. The van der Waals surface area contributed by atoms with Gasteiger partial charge in [-0.1, -0.05) is 64.4 Å².